The molecule has 3 heterocycles. The Kier molecular flexibility index (Phi) is 4.40. The van der Waals surface area contributed by atoms with Crippen molar-refractivity contribution in [3.63, 3.8) is 0 Å². The van der Waals surface area contributed by atoms with Crippen molar-refractivity contribution in [2.24, 2.45) is 0 Å². The van der Waals surface area contributed by atoms with Gasteiger partial charge in [-0.05, 0) is 31.5 Å². The molecule has 1 N–H and O–H groups in total. The molecule has 0 saturated carbocycles. The topological polar surface area (TPSA) is 49.2 Å². The first kappa shape index (κ1) is 13.7. The molecule has 2 aromatic heterocycles. The molecule has 1 fully saturated rings. The van der Waals surface area contributed by atoms with Crippen molar-refractivity contribution in [2.45, 2.75) is 31.8 Å². The van der Waals surface area contributed by atoms with Gasteiger partial charge in [-0.15, -0.1) is 11.3 Å². The molecule has 1 aliphatic heterocycles. The molecule has 106 valence electrons. The van der Waals surface area contributed by atoms with Crippen LogP contribution in [0.4, 0.5) is 0 Å². The fourth-order valence-electron chi connectivity index (χ4n) is 2.67. The van der Waals surface area contributed by atoms with E-state index in [-0.39, 0.29) is 6.61 Å². The molecule has 1 atom stereocenters. The third-order valence-corrected chi connectivity index (χ3v) is 4.67. The molecule has 1 aliphatic rings. The van der Waals surface area contributed by atoms with Gasteiger partial charge in [-0.25, -0.2) is 4.98 Å². The number of nitrogens with zero attached hydrogens (tertiary/aromatic N) is 3. The Bertz CT molecular complexity index is 543. The molecule has 5 heteroatoms. The molecule has 1 saturated heterocycles. The van der Waals surface area contributed by atoms with E-state index in [1.807, 2.05) is 18.2 Å². The lowest BCUT2D eigenvalue weighted by molar-refractivity contribution is 0.0832. The maximum absolute atomic E-state index is 9.45. The zero-order valence-electron chi connectivity index (χ0n) is 11.4. The van der Waals surface area contributed by atoms with Crippen LogP contribution < -0.4 is 0 Å². The van der Waals surface area contributed by atoms with E-state index >= 15 is 0 Å². The number of rotatable bonds is 4. The van der Waals surface area contributed by atoms with Crippen molar-refractivity contribution in [2.75, 3.05) is 13.2 Å². The van der Waals surface area contributed by atoms with E-state index in [2.05, 4.69) is 20.2 Å². The first-order chi connectivity index (χ1) is 9.86. The summed E-state index contributed by atoms with van der Waals surface area (Å²) < 4.78 is 0. The summed E-state index contributed by atoms with van der Waals surface area (Å²) in [5, 5.41) is 12.5. The molecule has 0 radical (unpaired) electrons. The number of likely N-dealkylation sites (tertiary alicyclic amines) is 1. The second kappa shape index (κ2) is 6.43. The second-order valence-electron chi connectivity index (χ2n) is 5.16. The van der Waals surface area contributed by atoms with Gasteiger partial charge >= 0.3 is 0 Å². The van der Waals surface area contributed by atoms with Crippen LogP contribution in [0, 0.1) is 0 Å². The molecule has 0 amide bonds. The Hall–Kier alpha value is -1.30. The van der Waals surface area contributed by atoms with Crippen LogP contribution in [0.3, 0.4) is 0 Å². The largest absolute Gasteiger partial charge is 0.395 e. The molecule has 3 rings (SSSR count). The normalized spacial score (nSPS) is 20.1. The predicted molar refractivity (Wildman–Crippen MR) is 80.5 cm³/mol. The lowest BCUT2D eigenvalue weighted by Crippen LogP contribution is -2.41. The van der Waals surface area contributed by atoms with Crippen molar-refractivity contribution >= 4 is 11.3 Å². The van der Waals surface area contributed by atoms with E-state index in [1.165, 1.54) is 12.8 Å². The van der Waals surface area contributed by atoms with Gasteiger partial charge in [0.2, 0.25) is 0 Å². The summed E-state index contributed by atoms with van der Waals surface area (Å²) in [6.07, 6.45) is 5.32. The quantitative estimate of drug-likeness (QED) is 0.940. The summed E-state index contributed by atoms with van der Waals surface area (Å²) in [7, 11) is 0. The highest BCUT2D eigenvalue weighted by Crippen LogP contribution is 2.24. The van der Waals surface area contributed by atoms with Crippen LogP contribution in [0.5, 0.6) is 0 Å². The lowest BCUT2D eigenvalue weighted by Gasteiger charge is -2.33. The molecule has 0 aliphatic carbocycles. The zero-order valence-corrected chi connectivity index (χ0v) is 12.2. The summed E-state index contributed by atoms with van der Waals surface area (Å²) in [4.78, 5) is 11.4. The maximum Gasteiger partial charge on any atom is 0.142 e. The van der Waals surface area contributed by atoms with E-state index in [0.29, 0.717) is 6.04 Å². The number of piperidine rings is 1. The van der Waals surface area contributed by atoms with Gasteiger partial charge in [0.1, 0.15) is 5.01 Å². The van der Waals surface area contributed by atoms with Gasteiger partial charge in [-0.2, -0.15) is 0 Å². The van der Waals surface area contributed by atoms with E-state index in [4.69, 9.17) is 0 Å². The number of aromatic nitrogens is 2. The fraction of sp³-hybridized carbons (Fsp3) is 0.467. The third-order valence-electron chi connectivity index (χ3n) is 3.76. The van der Waals surface area contributed by atoms with Crippen molar-refractivity contribution in [1.82, 2.24) is 14.9 Å². The Morgan fingerprint density at radius 2 is 2.30 bits per heavy atom. The van der Waals surface area contributed by atoms with E-state index in [9.17, 15) is 5.11 Å². The first-order valence-electron chi connectivity index (χ1n) is 7.07. The lowest BCUT2D eigenvalue weighted by atomic mass is 10.0. The van der Waals surface area contributed by atoms with Gasteiger partial charge in [-0.3, -0.25) is 9.88 Å². The minimum atomic E-state index is 0.247. The average molecular weight is 289 g/mol. The summed E-state index contributed by atoms with van der Waals surface area (Å²) >= 11 is 1.64. The smallest absolute Gasteiger partial charge is 0.142 e. The van der Waals surface area contributed by atoms with Gasteiger partial charge in [0.05, 0.1) is 18.0 Å². The van der Waals surface area contributed by atoms with Crippen LogP contribution >= 0.6 is 11.3 Å². The minimum Gasteiger partial charge on any atom is -0.395 e. The molecule has 20 heavy (non-hydrogen) atoms. The monoisotopic (exact) mass is 289 g/mol. The summed E-state index contributed by atoms with van der Waals surface area (Å²) in [6.45, 7) is 2.13. The Labute approximate surface area is 123 Å². The third kappa shape index (κ3) is 3.06. The van der Waals surface area contributed by atoms with Gasteiger partial charge in [0.25, 0.3) is 0 Å². The summed E-state index contributed by atoms with van der Waals surface area (Å²) in [5.41, 5.74) is 2.01. The predicted octanol–water partition coefficient (Wildman–Crippen LogP) is 2.55. The van der Waals surface area contributed by atoms with Gasteiger partial charge in [0, 0.05) is 24.2 Å². The van der Waals surface area contributed by atoms with Crippen LogP contribution in [-0.2, 0) is 6.54 Å². The highest BCUT2D eigenvalue weighted by atomic mass is 32.1. The van der Waals surface area contributed by atoms with Crippen molar-refractivity contribution in [3.8, 4) is 10.7 Å². The standard InChI is InChI=1S/C15H19N3OS/c19-10-13-5-2-4-8-18(13)9-12-11-20-15(17-12)14-6-1-3-7-16-14/h1,3,6-7,11,13,19H,2,4-5,8-10H2. The SMILES string of the molecule is OCC1CCCCN1Cc1csc(-c2ccccn2)n1. The van der Waals surface area contributed by atoms with Crippen LogP contribution in [0.25, 0.3) is 10.7 Å². The first-order valence-corrected chi connectivity index (χ1v) is 7.95. The fourth-order valence-corrected chi connectivity index (χ4v) is 3.46. The Morgan fingerprint density at radius 3 is 3.10 bits per heavy atom. The minimum absolute atomic E-state index is 0.247. The Balaban J connectivity index is 1.71. The van der Waals surface area contributed by atoms with Crippen LogP contribution in [0.1, 0.15) is 25.0 Å². The highest BCUT2D eigenvalue weighted by molar-refractivity contribution is 7.13. The van der Waals surface area contributed by atoms with E-state index in [0.717, 1.165) is 35.9 Å². The number of thiazole rings is 1. The van der Waals surface area contributed by atoms with Crippen LogP contribution in [0.15, 0.2) is 29.8 Å². The maximum atomic E-state index is 9.45. The number of hydrogen-bond donors (Lipinski definition) is 1. The van der Waals surface area contributed by atoms with Gasteiger partial charge in [-0.1, -0.05) is 12.5 Å². The summed E-state index contributed by atoms with van der Waals surface area (Å²) in [5.74, 6) is 0. The molecule has 0 bridgehead atoms. The number of hydrogen-bond acceptors (Lipinski definition) is 5. The van der Waals surface area contributed by atoms with Crippen LogP contribution in [0.2, 0.25) is 0 Å². The molecular formula is C15H19N3OS. The molecule has 1 unspecified atom stereocenters. The second-order valence-corrected chi connectivity index (χ2v) is 6.02. The van der Waals surface area contributed by atoms with Gasteiger partial charge in [0.15, 0.2) is 0 Å². The van der Waals surface area contributed by atoms with E-state index < -0.39 is 0 Å². The highest BCUT2D eigenvalue weighted by Gasteiger charge is 2.22. The molecule has 2 aromatic rings. The van der Waals surface area contributed by atoms with Gasteiger partial charge < -0.3 is 5.11 Å². The molecule has 0 spiro atoms. The van der Waals surface area contributed by atoms with Crippen LogP contribution in [-0.4, -0.2) is 39.2 Å². The summed E-state index contributed by atoms with van der Waals surface area (Å²) in [6, 6.07) is 6.18. The van der Waals surface area contributed by atoms with Crippen molar-refractivity contribution in [3.05, 3.63) is 35.5 Å². The average Bonchev–Trinajstić information content (AvgIpc) is 2.97. The Morgan fingerprint density at radius 1 is 1.35 bits per heavy atom. The number of aliphatic hydroxyl groups is 1. The van der Waals surface area contributed by atoms with Crippen molar-refractivity contribution < 1.29 is 5.11 Å². The van der Waals surface area contributed by atoms with E-state index in [1.54, 1.807) is 17.5 Å². The number of pyridine rings is 1. The molecular weight excluding hydrogens is 270 g/mol. The zero-order chi connectivity index (χ0) is 13.8. The number of aliphatic hydroxyl groups excluding tert-OH is 1. The van der Waals surface area contributed by atoms with Crippen molar-refractivity contribution in [1.29, 1.82) is 0 Å². The molecule has 4 nitrogen and oxygen atoms in total. The molecule has 0 aromatic carbocycles.